The van der Waals surface area contributed by atoms with Crippen LogP contribution in [-0.2, 0) is 27.4 Å². The van der Waals surface area contributed by atoms with Crippen molar-refractivity contribution in [3.63, 3.8) is 0 Å². The molecule has 1 saturated heterocycles. The highest BCUT2D eigenvalue weighted by Gasteiger charge is 2.56. The van der Waals surface area contributed by atoms with Crippen LogP contribution in [-0.4, -0.2) is 50.3 Å². The van der Waals surface area contributed by atoms with Crippen LogP contribution in [0.4, 0.5) is 4.79 Å². The molecule has 0 saturated carbocycles. The van der Waals surface area contributed by atoms with Gasteiger partial charge >= 0.3 is 12.1 Å². The second-order valence-corrected chi connectivity index (χ2v) is 8.79. The predicted octanol–water partition coefficient (Wildman–Crippen LogP) is 4.18. The number of benzene rings is 2. The Morgan fingerprint density at radius 2 is 1.82 bits per heavy atom. The lowest BCUT2D eigenvalue weighted by molar-refractivity contribution is -0.149. The molecule has 0 aromatic heterocycles. The average molecular weight is 467 g/mol. The zero-order valence-corrected chi connectivity index (χ0v) is 20.2. The van der Waals surface area contributed by atoms with E-state index in [4.69, 9.17) is 14.2 Å². The molecular weight excluding hydrogens is 432 g/mol. The van der Waals surface area contributed by atoms with Crippen molar-refractivity contribution in [2.75, 3.05) is 27.3 Å². The molecule has 1 heterocycles. The number of methoxy groups -OCH3 is 2. The maximum Gasteiger partial charge on any atom is 0.410 e. The topological polar surface area (TPSA) is 77.1 Å². The van der Waals surface area contributed by atoms with Crippen LogP contribution in [0.5, 0.6) is 5.75 Å². The number of nitrogens with zero attached hydrogens (tertiary/aromatic N) is 1. The van der Waals surface area contributed by atoms with Crippen LogP contribution in [0.25, 0.3) is 0 Å². The Hall–Kier alpha value is -3.32. The first-order chi connectivity index (χ1) is 16.4. The molecule has 1 N–H and O–H groups in total. The Morgan fingerprint density at radius 1 is 1.12 bits per heavy atom. The number of carbonyl (C=O) groups is 2. The van der Waals surface area contributed by atoms with E-state index in [0.29, 0.717) is 26.1 Å². The van der Waals surface area contributed by atoms with Crippen LogP contribution in [0.1, 0.15) is 24.5 Å². The summed E-state index contributed by atoms with van der Waals surface area (Å²) < 4.78 is 15.9. The molecule has 0 aliphatic carbocycles. The third-order valence-electron chi connectivity index (χ3n) is 6.61. The molecule has 7 heteroatoms. The van der Waals surface area contributed by atoms with E-state index in [2.05, 4.69) is 11.9 Å². The zero-order chi connectivity index (χ0) is 24.6. The molecule has 0 unspecified atom stereocenters. The lowest BCUT2D eigenvalue weighted by Crippen LogP contribution is -2.48. The number of ether oxygens (including phenoxy) is 3. The van der Waals surface area contributed by atoms with Gasteiger partial charge in [-0.15, -0.1) is 6.58 Å². The van der Waals surface area contributed by atoms with E-state index in [-0.39, 0.29) is 12.5 Å². The van der Waals surface area contributed by atoms with E-state index in [0.717, 1.165) is 16.9 Å². The second-order valence-electron chi connectivity index (χ2n) is 8.79. The molecule has 1 amide bonds. The summed E-state index contributed by atoms with van der Waals surface area (Å²) in [4.78, 5) is 27.4. The molecule has 1 fully saturated rings. The third-order valence-corrected chi connectivity index (χ3v) is 6.61. The maximum atomic E-state index is 13.1. The van der Waals surface area contributed by atoms with E-state index in [1.165, 1.54) is 12.0 Å². The summed E-state index contributed by atoms with van der Waals surface area (Å²) in [5.41, 5.74) is 1.46. The van der Waals surface area contributed by atoms with Crippen molar-refractivity contribution in [3.8, 4) is 5.75 Å². The summed E-state index contributed by atoms with van der Waals surface area (Å²) in [5.74, 6) is 0.361. The number of esters is 1. The minimum atomic E-state index is -0.758. The van der Waals surface area contributed by atoms with Crippen molar-refractivity contribution in [2.24, 2.45) is 11.3 Å². The fraction of sp³-hybridized carbons (Fsp3) is 0.407. The van der Waals surface area contributed by atoms with Crippen LogP contribution in [0.3, 0.4) is 0 Å². The van der Waals surface area contributed by atoms with E-state index < -0.39 is 23.5 Å². The van der Waals surface area contributed by atoms with Gasteiger partial charge in [0.2, 0.25) is 0 Å². The van der Waals surface area contributed by atoms with Crippen LogP contribution in [0.2, 0.25) is 0 Å². The van der Waals surface area contributed by atoms with Gasteiger partial charge in [0.25, 0.3) is 0 Å². The fourth-order valence-electron chi connectivity index (χ4n) is 4.64. The number of rotatable bonds is 10. The molecular formula is C27H34N2O5. The number of hydrogen-bond donors (Lipinski definition) is 1. The second kappa shape index (κ2) is 11.7. The Labute approximate surface area is 201 Å². The van der Waals surface area contributed by atoms with Crippen LogP contribution < -0.4 is 10.1 Å². The van der Waals surface area contributed by atoms with E-state index in [1.54, 1.807) is 13.2 Å². The average Bonchev–Trinajstić information content (AvgIpc) is 3.15. The Kier molecular flexibility index (Phi) is 8.71. The van der Waals surface area contributed by atoms with Crippen molar-refractivity contribution in [1.29, 1.82) is 0 Å². The third kappa shape index (κ3) is 5.78. The number of allylic oxidation sites excluding steroid dienone is 1. The largest absolute Gasteiger partial charge is 0.497 e. The first kappa shape index (κ1) is 25.3. The molecule has 2 aromatic rings. The monoisotopic (exact) mass is 466 g/mol. The van der Waals surface area contributed by atoms with Gasteiger partial charge in [0.15, 0.2) is 0 Å². The molecule has 1 aliphatic rings. The SMILES string of the molecule is C=CC[C@]1(C)[C@@H](CNCc2ccc(OC)cc2)CN(C(=O)OCc2ccccc2)[C@@H]1C(=O)OC. The van der Waals surface area contributed by atoms with Gasteiger partial charge < -0.3 is 19.5 Å². The summed E-state index contributed by atoms with van der Waals surface area (Å²) in [5, 5.41) is 3.48. The van der Waals surface area contributed by atoms with Crippen LogP contribution >= 0.6 is 0 Å². The molecule has 34 heavy (non-hydrogen) atoms. The number of amides is 1. The zero-order valence-electron chi connectivity index (χ0n) is 20.2. The van der Waals surface area contributed by atoms with Gasteiger partial charge in [-0.3, -0.25) is 4.90 Å². The number of nitrogens with one attached hydrogen (secondary N) is 1. The van der Waals surface area contributed by atoms with Crippen molar-refractivity contribution < 1.29 is 23.8 Å². The van der Waals surface area contributed by atoms with Gasteiger partial charge in [0, 0.05) is 25.0 Å². The molecule has 0 radical (unpaired) electrons. The van der Waals surface area contributed by atoms with E-state index in [1.807, 2.05) is 61.5 Å². The minimum Gasteiger partial charge on any atom is -0.497 e. The predicted molar refractivity (Wildman–Crippen MR) is 130 cm³/mol. The van der Waals surface area contributed by atoms with Crippen molar-refractivity contribution >= 4 is 12.1 Å². The highest BCUT2D eigenvalue weighted by Crippen LogP contribution is 2.45. The fourth-order valence-corrected chi connectivity index (χ4v) is 4.64. The standard InChI is InChI=1S/C27H34N2O5/c1-5-15-27(2)22(17-28-16-20-11-13-23(32-3)14-12-20)18-29(24(27)25(30)33-4)26(31)34-19-21-9-7-6-8-10-21/h5-14,22,24,28H,1,15-19H2,2-4H3/t22-,24+,27+/m0/s1. The van der Waals surface area contributed by atoms with E-state index in [9.17, 15) is 9.59 Å². The number of likely N-dealkylation sites (tertiary alicyclic amines) is 1. The molecule has 182 valence electrons. The molecule has 7 nitrogen and oxygen atoms in total. The number of carbonyl (C=O) groups excluding carboxylic acids is 2. The van der Waals surface area contributed by atoms with Gasteiger partial charge in [0.05, 0.1) is 14.2 Å². The molecule has 3 rings (SSSR count). The highest BCUT2D eigenvalue weighted by atomic mass is 16.6. The summed E-state index contributed by atoms with van der Waals surface area (Å²) in [6.07, 6.45) is 1.84. The van der Waals surface area contributed by atoms with Crippen molar-refractivity contribution in [3.05, 3.63) is 78.4 Å². The van der Waals surface area contributed by atoms with Gasteiger partial charge in [-0.25, -0.2) is 9.59 Å². The summed E-state index contributed by atoms with van der Waals surface area (Å²) in [6.45, 7) is 7.71. The molecule has 0 spiro atoms. The van der Waals surface area contributed by atoms with Gasteiger partial charge in [-0.05, 0) is 35.6 Å². The minimum absolute atomic E-state index is 0.00266. The first-order valence-corrected chi connectivity index (χ1v) is 11.4. The lowest BCUT2D eigenvalue weighted by Gasteiger charge is -2.35. The van der Waals surface area contributed by atoms with Crippen molar-refractivity contribution in [2.45, 2.75) is 32.5 Å². The quantitative estimate of drug-likeness (QED) is 0.418. The number of hydrogen-bond acceptors (Lipinski definition) is 6. The maximum absolute atomic E-state index is 13.1. The van der Waals surface area contributed by atoms with E-state index >= 15 is 0 Å². The Bertz CT molecular complexity index is 963. The van der Waals surface area contributed by atoms with Gasteiger partial charge in [-0.2, -0.15) is 0 Å². The van der Waals surface area contributed by atoms with Crippen LogP contribution in [0.15, 0.2) is 67.3 Å². The summed E-state index contributed by atoms with van der Waals surface area (Å²) >= 11 is 0. The smallest absolute Gasteiger partial charge is 0.410 e. The van der Waals surface area contributed by atoms with Crippen LogP contribution in [0, 0.1) is 11.3 Å². The summed E-state index contributed by atoms with van der Waals surface area (Å²) in [7, 11) is 2.99. The van der Waals surface area contributed by atoms with Gasteiger partial charge in [0.1, 0.15) is 18.4 Å². The first-order valence-electron chi connectivity index (χ1n) is 11.4. The lowest BCUT2D eigenvalue weighted by atomic mass is 9.72. The normalized spacial score (nSPS) is 21.7. The molecule has 1 aliphatic heterocycles. The molecule has 0 bridgehead atoms. The molecule has 2 aromatic carbocycles. The van der Waals surface area contributed by atoms with Crippen molar-refractivity contribution in [1.82, 2.24) is 10.2 Å². The van der Waals surface area contributed by atoms with Gasteiger partial charge in [-0.1, -0.05) is 55.5 Å². The Morgan fingerprint density at radius 3 is 2.44 bits per heavy atom. The highest BCUT2D eigenvalue weighted by molar-refractivity contribution is 5.83. The summed E-state index contributed by atoms with van der Waals surface area (Å²) in [6, 6.07) is 16.6. The Balaban J connectivity index is 1.72. The molecule has 3 atom stereocenters.